The number of carbonyl (C=O) groups excluding carboxylic acids is 3. The molecule has 0 saturated carbocycles. The first-order valence-corrected chi connectivity index (χ1v) is 18.9. The van der Waals surface area contributed by atoms with Crippen molar-refractivity contribution in [2.45, 2.75) is 57.1 Å². The Kier molecular flexibility index (Phi) is 13.5. The maximum Gasteiger partial charge on any atom is 0.319 e. The van der Waals surface area contributed by atoms with Gasteiger partial charge in [0, 0.05) is 59.3 Å². The molecule has 6 rings (SSSR count). The number of aliphatic hydroxyl groups is 1. The number of aromatic nitrogens is 2. The average Bonchev–Trinajstić information content (AvgIpc) is 3.74. The highest BCUT2D eigenvalue weighted by atomic mass is 35.5. The molecule has 12 nitrogen and oxygen atoms in total. The van der Waals surface area contributed by atoms with Crippen molar-refractivity contribution < 1.29 is 28.3 Å². The molecule has 1 aromatic heterocycles. The van der Waals surface area contributed by atoms with Gasteiger partial charge in [0.05, 0.1) is 23.9 Å². The summed E-state index contributed by atoms with van der Waals surface area (Å²) in [5, 5.41) is 27.6. The van der Waals surface area contributed by atoms with Crippen LogP contribution in [-0.2, 0) is 35.6 Å². The van der Waals surface area contributed by atoms with Crippen molar-refractivity contribution in [1.82, 2.24) is 30.6 Å². The predicted octanol–water partition coefficient (Wildman–Crippen LogP) is 5.12. The molecule has 0 radical (unpaired) electrons. The second kappa shape index (κ2) is 18.7. The molecule has 4 aromatic carbocycles. The Balaban J connectivity index is 1.22. The van der Waals surface area contributed by atoms with E-state index < -0.39 is 47.7 Å². The van der Waals surface area contributed by atoms with E-state index in [1.54, 1.807) is 35.0 Å². The molecule has 1 fully saturated rings. The van der Waals surface area contributed by atoms with Gasteiger partial charge in [-0.15, -0.1) is 0 Å². The fourth-order valence-corrected chi connectivity index (χ4v) is 7.13. The smallest absolute Gasteiger partial charge is 0.319 e. The third-order valence-electron chi connectivity index (χ3n) is 9.52. The maximum absolute atomic E-state index is 14.2. The number of benzene rings is 4. The lowest BCUT2D eigenvalue weighted by atomic mass is 10.0. The molecule has 294 valence electrons. The molecule has 16 heteroatoms. The van der Waals surface area contributed by atoms with Crippen LogP contribution >= 0.6 is 23.2 Å². The minimum absolute atomic E-state index is 0.0783. The summed E-state index contributed by atoms with van der Waals surface area (Å²) in [5.74, 6) is -3.39. The van der Waals surface area contributed by atoms with E-state index in [0.29, 0.717) is 46.3 Å². The van der Waals surface area contributed by atoms with E-state index in [9.17, 15) is 28.3 Å². The van der Waals surface area contributed by atoms with E-state index in [2.05, 4.69) is 26.2 Å². The average molecular weight is 808 g/mol. The van der Waals surface area contributed by atoms with Crippen LogP contribution in [0.25, 0.3) is 10.9 Å². The van der Waals surface area contributed by atoms with Gasteiger partial charge in [0.1, 0.15) is 12.1 Å². The Morgan fingerprint density at radius 3 is 2.34 bits per heavy atom. The first-order valence-electron chi connectivity index (χ1n) is 18.1. The molecule has 1 aliphatic heterocycles. The van der Waals surface area contributed by atoms with Gasteiger partial charge in [-0.25, -0.2) is 13.6 Å². The second-order valence-corrected chi connectivity index (χ2v) is 14.5. The summed E-state index contributed by atoms with van der Waals surface area (Å²) < 4.78 is 29.7. The van der Waals surface area contributed by atoms with Crippen LogP contribution in [0.2, 0.25) is 10.0 Å². The number of urea groups is 1. The predicted molar refractivity (Wildman–Crippen MR) is 211 cm³/mol. The van der Waals surface area contributed by atoms with Crippen molar-refractivity contribution in [2.24, 2.45) is 5.73 Å². The summed E-state index contributed by atoms with van der Waals surface area (Å²) in [4.78, 5) is 42.6. The first-order chi connectivity index (χ1) is 27.0. The summed E-state index contributed by atoms with van der Waals surface area (Å²) in [5.41, 5.74) is 9.31. The standard InChI is InChI=1S/C40H42Cl2F2N8O4/c41-30-7-4-8-31(42)29(30)22-52-37-19-26(10-11-28(37)36(50-52)23-51-16-14-27(53)21-51)47-40(56)49-35(18-25-9-12-32(43)33(44)17-25)39(55)48-34(13-15-45)38(54)46-20-24-5-2-1-3-6-24/h1-12,17,19,27,34-35,53H,13-16,18,20-23,45H2,(H,46,54)(H,48,55)(H2,47,49,56)/t27?,34-,35-/m0/s1. The van der Waals surface area contributed by atoms with Gasteiger partial charge in [0.2, 0.25) is 11.8 Å². The number of likely N-dealkylation sites (tertiary alicyclic amines) is 1. The quantitative estimate of drug-likeness (QED) is 0.0855. The molecule has 0 bridgehead atoms. The monoisotopic (exact) mass is 806 g/mol. The zero-order valence-corrected chi connectivity index (χ0v) is 31.8. The topological polar surface area (TPSA) is 167 Å². The van der Waals surface area contributed by atoms with Crippen molar-refractivity contribution in [2.75, 3.05) is 25.0 Å². The van der Waals surface area contributed by atoms with E-state index in [-0.39, 0.29) is 38.0 Å². The van der Waals surface area contributed by atoms with Crippen LogP contribution in [0.15, 0.2) is 84.9 Å². The summed E-state index contributed by atoms with van der Waals surface area (Å²) in [6.45, 7) is 2.25. The molecule has 2 heterocycles. The lowest BCUT2D eigenvalue weighted by Gasteiger charge is -2.23. The number of aliphatic hydroxyl groups excluding tert-OH is 1. The molecular weight excluding hydrogens is 765 g/mol. The van der Waals surface area contributed by atoms with Crippen LogP contribution in [0.5, 0.6) is 0 Å². The normalized spacial score (nSPS) is 15.4. The van der Waals surface area contributed by atoms with Crippen molar-refractivity contribution in [3.63, 3.8) is 0 Å². The van der Waals surface area contributed by atoms with Crippen LogP contribution < -0.4 is 27.0 Å². The molecule has 1 unspecified atom stereocenters. The van der Waals surface area contributed by atoms with E-state index in [0.717, 1.165) is 35.3 Å². The highest BCUT2D eigenvalue weighted by Gasteiger charge is 2.28. The summed E-state index contributed by atoms with van der Waals surface area (Å²) in [6, 6.07) is 19.7. The van der Waals surface area contributed by atoms with Gasteiger partial charge in [-0.05, 0) is 73.0 Å². The van der Waals surface area contributed by atoms with Gasteiger partial charge >= 0.3 is 6.03 Å². The molecule has 1 aliphatic rings. The number of anilines is 1. The van der Waals surface area contributed by atoms with Crippen LogP contribution in [0, 0.1) is 11.6 Å². The zero-order chi connectivity index (χ0) is 39.8. The van der Waals surface area contributed by atoms with Gasteiger partial charge in [-0.2, -0.15) is 5.10 Å². The Labute approximate surface area is 332 Å². The largest absolute Gasteiger partial charge is 0.392 e. The number of β-amino-alcohol motifs (C(OH)–C–C–N with tert-alkyl or cyclic N) is 1. The van der Waals surface area contributed by atoms with Gasteiger partial charge < -0.3 is 32.1 Å². The van der Waals surface area contributed by atoms with Crippen LogP contribution in [0.4, 0.5) is 19.3 Å². The Bertz CT molecular complexity index is 2170. The fraction of sp³-hybridized carbons (Fsp3) is 0.300. The van der Waals surface area contributed by atoms with Gasteiger partial charge in [-0.1, -0.05) is 65.7 Å². The van der Waals surface area contributed by atoms with Crippen LogP contribution in [-0.4, -0.2) is 75.5 Å². The van der Waals surface area contributed by atoms with Gasteiger partial charge in [-0.3, -0.25) is 19.2 Å². The number of hydrogen-bond donors (Lipinski definition) is 6. The molecule has 5 aromatic rings. The lowest BCUT2D eigenvalue weighted by Crippen LogP contribution is -2.55. The van der Waals surface area contributed by atoms with Crippen molar-refractivity contribution in [3.8, 4) is 0 Å². The molecular formula is C40H42Cl2F2N8O4. The van der Waals surface area contributed by atoms with Gasteiger partial charge in [0.25, 0.3) is 0 Å². The highest BCUT2D eigenvalue weighted by Crippen LogP contribution is 2.29. The fourth-order valence-electron chi connectivity index (χ4n) is 6.61. The Morgan fingerprint density at radius 2 is 1.64 bits per heavy atom. The van der Waals surface area contributed by atoms with E-state index in [4.69, 9.17) is 34.0 Å². The number of nitrogens with zero attached hydrogens (tertiary/aromatic N) is 3. The molecule has 7 N–H and O–H groups in total. The molecule has 3 atom stereocenters. The van der Waals surface area contributed by atoms with Crippen molar-refractivity contribution >= 4 is 57.6 Å². The highest BCUT2D eigenvalue weighted by molar-refractivity contribution is 6.36. The Hall–Kier alpha value is -5.12. The molecule has 0 spiro atoms. The molecule has 1 saturated heterocycles. The minimum Gasteiger partial charge on any atom is -0.392 e. The van der Waals surface area contributed by atoms with E-state index in [1.165, 1.54) is 6.07 Å². The van der Waals surface area contributed by atoms with Crippen LogP contribution in [0.1, 0.15) is 35.2 Å². The Morgan fingerprint density at radius 1 is 0.875 bits per heavy atom. The minimum atomic E-state index is -1.32. The maximum atomic E-state index is 14.2. The number of rotatable bonds is 15. The van der Waals surface area contributed by atoms with E-state index >= 15 is 0 Å². The van der Waals surface area contributed by atoms with Crippen molar-refractivity contribution in [1.29, 1.82) is 0 Å². The molecule has 56 heavy (non-hydrogen) atoms. The molecule has 0 aliphatic carbocycles. The van der Waals surface area contributed by atoms with Gasteiger partial charge in [0.15, 0.2) is 11.6 Å². The number of hydrogen-bond acceptors (Lipinski definition) is 7. The third-order valence-corrected chi connectivity index (χ3v) is 10.2. The number of nitrogens with one attached hydrogen (secondary N) is 4. The van der Waals surface area contributed by atoms with Crippen LogP contribution in [0.3, 0.4) is 0 Å². The zero-order valence-electron chi connectivity index (χ0n) is 30.3. The summed E-state index contributed by atoms with van der Waals surface area (Å²) in [6.07, 6.45) is 0.137. The number of fused-ring (bicyclic) bond motifs is 1. The van der Waals surface area contributed by atoms with E-state index in [1.807, 2.05) is 36.4 Å². The SMILES string of the molecule is NCC[C@H](NC(=O)[C@H](Cc1ccc(F)c(F)c1)NC(=O)Nc1ccc2c(CN3CCC(O)C3)nn(Cc3c(Cl)cccc3Cl)c2c1)C(=O)NCc1ccccc1. The first kappa shape index (κ1) is 40.5. The van der Waals surface area contributed by atoms with Crippen molar-refractivity contribution in [3.05, 3.63) is 129 Å². The molecule has 4 amide bonds. The third kappa shape index (κ3) is 10.4. The number of carbonyl (C=O) groups is 3. The number of nitrogens with two attached hydrogens (primary N) is 1. The summed E-state index contributed by atoms with van der Waals surface area (Å²) >= 11 is 13.0. The number of halogens is 4. The number of amides is 4. The lowest BCUT2D eigenvalue weighted by molar-refractivity contribution is -0.130. The second-order valence-electron chi connectivity index (χ2n) is 13.7. The summed E-state index contributed by atoms with van der Waals surface area (Å²) in [7, 11) is 0.